The van der Waals surface area contributed by atoms with Crippen LogP contribution in [0.25, 0.3) is 11.1 Å². The standard InChI is InChI=1S/C40H52ClN3O4/c1-5-46-38-23-39(34(41)22-28(38)24-42-25-29-15-18-40(45)43-29)48-37-17-16-32-31(11-6-12-33(32)37)30-10-7-14-36(27(30)4)47-21-9-20-44-19-8-13-35(44)26(2)3/h6-7,10-12,14,22-23,26,29,35,37,42H,5,8-9,13,15-21,24-25H2,1-4H3,(H,43,45)/t29-,35-,37-/m0/s1. The van der Waals surface area contributed by atoms with Gasteiger partial charge in [0.2, 0.25) is 5.91 Å². The summed E-state index contributed by atoms with van der Waals surface area (Å²) in [7, 11) is 0. The fourth-order valence-electron chi connectivity index (χ4n) is 7.85. The number of amides is 1. The first-order valence-corrected chi connectivity index (χ1v) is 18.4. The molecule has 3 atom stereocenters. The van der Waals surface area contributed by atoms with E-state index >= 15 is 0 Å². The maximum absolute atomic E-state index is 11.6. The van der Waals surface area contributed by atoms with E-state index in [-0.39, 0.29) is 18.1 Å². The van der Waals surface area contributed by atoms with E-state index in [1.807, 2.05) is 19.1 Å². The molecule has 2 heterocycles. The topological polar surface area (TPSA) is 72.1 Å². The van der Waals surface area contributed by atoms with Crippen LogP contribution in [0.4, 0.5) is 0 Å². The molecule has 6 rings (SSSR count). The molecule has 3 aromatic rings. The molecule has 8 heteroatoms. The Morgan fingerprint density at radius 2 is 1.83 bits per heavy atom. The number of nitrogens with zero attached hydrogens (tertiary/aromatic N) is 1. The van der Waals surface area contributed by atoms with Crippen molar-refractivity contribution in [3.8, 4) is 28.4 Å². The Morgan fingerprint density at radius 1 is 1.00 bits per heavy atom. The van der Waals surface area contributed by atoms with E-state index in [0.717, 1.165) is 55.9 Å². The van der Waals surface area contributed by atoms with Crippen LogP contribution in [0, 0.1) is 12.8 Å². The Bertz CT molecular complexity index is 1580. The fraction of sp³-hybridized carbons (Fsp3) is 0.525. The van der Waals surface area contributed by atoms with Crippen molar-refractivity contribution < 1.29 is 19.0 Å². The molecule has 48 heavy (non-hydrogen) atoms. The highest BCUT2D eigenvalue weighted by Crippen LogP contribution is 2.44. The van der Waals surface area contributed by atoms with Crippen LogP contribution >= 0.6 is 11.6 Å². The molecule has 2 saturated heterocycles. The molecule has 1 amide bonds. The number of hydrogen-bond acceptors (Lipinski definition) is 6. The number of nitrogens with one attached hydrogen (secondary N) is 2. The van der Waals surface area contributed by atoms with Crippen LogP contribution in [0.3, 0.4) is 0 Å². The minimum atomic E-state index is -0.0955. The number of likely N-dealkylation sites (tertiary alicyclic amines) is 1. The van der Waals surface area contributed by atoms with Gasteiger partial charge in [0.1, 0.15) is 23.4 Å². The molecule has 2 aliphatic heterocycles. The maximum atomic E-state index is 11.6. The van der Waals surface area contributed by atoms with E-state index in [4.69, 9.17) is 25.8 Å². The number of carbonyl (C=O) groups is 1. The number of rotatable bonds is 15. The second-order valence-electron chi connectivity index (χ2n) is 13.9. The summed E-state index contributed by atoms with van der Waals surface area (Å²) in [4.78, 5) is 14.2. The van der Waals surface area contributed by atoms with Gasteiger partial charge in [0.05, 0.1) is 18.2 Å². The van der Waals surface area contributed by atoms with Gasteiger partial charge in [-0.3, -0.25) is 4.79 Å². The molecular formula is C40H52ClN3O4. The lowest BCUT2D eigenvalue weighted by molar-refractivity contribution is -0.119. The lowest BCUT2D eigenvalue weighted by Crippen LogP contribution is -2.35. The molecule has 7 nitrogen and oxygen atoms in total. The highest BCUT2D eigenvalue weighted by atomic mass is 35.5. The van der Waals surface area contributed by atoms with Gasteiger partial charge >= 0.3 is 0 Å². The van der Waals surface area contributed by atoms with Gasteiger partial charge in [0, 0.05) is 49.8 Å². The zero-order valence-electron chi connectivity index (χ0n) is 29.1. The van der Waals surface area contributed by atoms with Crippen LogP contribution in [-0.4, -0.2) is 55.7 Å². The third-order valence-electron chi connectivity index (χ3n) is 10.3. The van der Waals surface area contributed by atoms with Gasteiger partial charge in [0.15, 0.2) is 0 Å². The van der Waals surface area contributed by atoms with Crippen LogP contribution in [0.1, 0.15) is 87.7 Å². The SMILES string of the molecule is CCOc1cc(O[C@H]2CCc3c(-c4cccc(OCCCN5CCC[C@H]5C(C)C)c4C)cccc32)c(Cl)cc1CNC[C@@H]1CCC(=O)N1. The van der Waals surface area contributed by atoms with Crippen molar-refractivity contribution in [3.05, 3.63) is 75.8 Å². The number of ether oxygens (including phenoxy) is 3. The molecule has 0 spiro atoms. The summed E-state index contributed by atoms with van der Waals surface area (Å²) in [6.45, 7) is 13.7. The Balaban J connectivity index is 1.12. The number of carbonyl (C=O) groups excluding carboxylic acids is 1. The van der Waals surface area contributed by atoms with Crippen LogP contribution in [-0.2, 0) is 17.8 Å². The van der Waals surface area contributed by atoms with Crippen LogP contribution in [0.2, 0.25) is 5.02 Å². The lowest BCUT2D eigenvalue weighted by Gasteiger charge is -2.27. The molecule has 0 aromatic heterocycles. The van der Waals surface area contributed by atoms with Gasteiger partial charge in [-0.2, -0.15) is 0 Å². The Kier molecular flexibility index (Phi) is 11.5. The molecule has 0 unspecified atom stereocenters. The molecule has 0 saturated carbocycles. The van der Waals surface area contributed by atoms with E-state index in [1.54, 1.807) is 0 Å². The molecule has 0 bridgehead atoms. The Morgan fingerprint density at radius 3 is 2.62 bits per heavy atom. The van der Waals surface area contributed by atoms with Crippen LogP contribution in [0.15, 0.2) is 48.5 Å². The fourth-order valence-corrected chi connectivity index (χ4v) is 8.08. The highest BCUT2D eigenvalue weighted by Gasteiger charge is 2.29. The van der Waals surface area contributed by atoms with Crippen LogP contribution < -0.4 is 24.8 Å². The Hall–Kier alpha value is -3.26. The van der Waals surface area contributed by atoms with E-state index in [9.17, 15) is 4.79 Å². The number of halogens is 1. The van der Waals surface area contributed by atoms with Crippen molar-refractivity contribution in [1.82, 2.24) is 15.5 Å². The average Bonchev–Trinajstić information content (AvgIpc) is 3.82. The van der Waals surface area contributed by atoms with Crippen LogP contribution in [0.5, 0.6) is 17.2 Å². The third kappa shape index (κ3) is 7.96. The predicted octanol–water partition coefficient (Wildman–Crippen LogP) is 8.04. The minimum Gasteiger partial charge on any atom is -0.493 e. The summed E-state index contributed by atoms with van der Waals surface area (Å²) in [5.74, 6) is 3.20. The van der Waals surface area contributed by atoms with Crippen molar-refractivity contribution in [1.29, 1.82) is 0 Å². The van der Waals surface area contributed by atoms with Gasteiger partial charge in [-0.1, -0.05) is 55.8 Å². The molecule has 0 radical (unpaired) electrons. The first-order chi connectivity index (χ1) is 23.3. The van der Waals surface area contributed by atoms with Crippen molar-refractivity contribution in [2.24, 2.45) is 5.92 Å². The van der Waals surface area contributed by atoms with Crippen molar-refractivity contribution in [3.63, 3.8) is 0 Å². The summed E-state index contributed by atoms with van der Waals surface area (Å²) in [5.41, 5.74) is 7.16. The van der Waals surface area contributed by atoms with Gasteiger partial charge in [-0.15, -0.1) is 0 Å². The molecule has 258 valence electrons. The molecular weight excluding hydrogens is 622 g/mol. The molecule has 2 fully saturated rings. The zero-order valence-corrected chi connectivity index (χ0v) is 29.8. The maximum Gasteiger partial charge on any atom is 0.220 e. The highest BCUT2D eigenvalue weighted by molar-refractivity contribution is 6.32. The van der Waals surface area contributed by atoms with Crippen molar-refractivity contribution in [2.45, 2.75) is 97.4 Å². The summed E-state index contributed by atoms with van der Waals surface area (Å²) in [5, 5.41) is 7.03. The van der Waals surface area contributed by atoms with Crippen molar-refractivity contribution in [2.75, 3.05) is 32.8 Å². The zero-order chi connectivity index (χ0) is 33.6. The van der Waals surface area contributed by atoms with E-state index in [0.29, 0.717) is 48.8 Å². The first-order valence-electron chi connectivity index (χ1n) is 18.0. The summed E-state index contributed by atoms with van der Waals surface area (Å²) >= 11 is 6.83. The monoisotopic (exact) mass is 673 g/mol. The average molecular weight is 674 g/mol. The molecule has 3 aromatic carbocycles. The Labute approximate surface area is 291 Å². The van der Waals surface area contributed by atoms with Crippen molar-refractivity contribution >= 4 is 17.5 Å². The molecule has 3 aliphatic rings. The first kappa shape index (κ1) is 34.6. The number of fused-ring (bicyclic) bond motifs is 1. The summed E-state index contributed by atoms with van der Waals surface area (Å²) in [6, 6.07) is 17.7. The minimum absolute atomic E-state index is 0.0955. The second-order valence-corrected chi connectivity index (χ2v) is 14.3. The third-order valence-corrected chi connectivity index (χ3v) is 10.6. The number of hydrogen-bond donors (Lipinski definition) is 2. The van der Waals surface area contributed by atoms with Gasteiger partial charge in [0.25, 0.3) is 0 Å². The molecule has 2 N–H and O–H groups in total. The predicted molar refractivity (Wildman–Crippen MR) is 193 cm³/mol. The summed E-state index contributed by atoms with van der Waals surface area (Å²) in [6.07, 6.45) is 6.85. The smallest absolute Gasteiger partial charge is 0.220 e. The quantitative estimate of drug-likeness (QED) is 0.159. The largest absolute Gasteiger partial charge is 0.493 e. The molecule has 1 aliphatic carbocycles. The van der Waals surface area contributed by atoms with Gasteiger partial charge in [-0.05, 0) is 105 Å². The summed E-state index contributed by atoms with van der Waals surface area (Å²) < 4.78 is 19.0. The normalized spacial score (nSPS) is 20.7. The lowest BCUT2D eigenvalue weighted by atomic mass is 9.93. The van der Waals surface area contributed by atoms with Gasteiger partial charge < -0.3 is 29.7 Å². The second kappa shape index (κ2) is 16.0. The van der Waals surface area contributed by atoms with E-state index < -0.39 is 0 Å². The number of benzene rings is 3. The van der Waals surface area contributed by atoms with E-state index in [1.165, 1.54) is 47.2 Å². The van der Waals surface area contributed by atoms with Gasteiger partial charge in [-0.25, -0.2) is 0 Å². The van der Waals surface area contributed by atoms with E-state index in [2.05, 4.69) is 72.7 Å².